The van der Waals surface area contributed by atoms with Gasteiger partial charge in [0.15, 0.2) is 6.10 Å². The molecule has 0 aliphatic rings. The molecule has 1 amide bonds. The van der Waals surface area contributed by atoms with Crippen molar-refractivity contribution in [2.45, 2.75) is 46.3 Å². The molecule has 2 unspecified atom stereocenters. The molecule has 106 valence electrons. The second-order valence-electron chi connectivity index (χ2n) is 4.74. The second kappa shape index (κ2) is 7.14. The second-order valence-corrected chi connectivity index (χ2v) is 4.74. The van der Waals surface area contributed by atoms with Crippen LogP contribution in [0.4, 0.5) is 0 Å². The van der Waals surface area contributed by atoms with Crippen LogP contribution in [-0.4, -0.2) is 18.6 Å². The molecule has 4 nitrogen and oxygen atoms in total. The number of carbonyl (C=O) groups is 1. The molecule has 19 heavy (non-hydrogen) atoms. The zero-order valence-electron chi connectivity index (χ0n) is 12.2. The van der Waals surface area contributed by atoms with Crippen LogP contribution in [0, 0.1) is 6.92 Å². The van der Waals surface area contributed by atoms with Crippen LogP contribution in [0.1, 0.15) is 44.4 Å². The van der Waals surface area contributed by atoms with Gasteiger partial charge in [-0.05, 0) is 32.9 Å². The van der Waals surface area contributed by atoms with E-state index in [4.69, 9.17) is 10.5 Å². The summed E-state index contributed by atoms with van der Waals surface area (Å²) in [6.45, 7) is 8.94. The van der Waals surface area contributed by atoms with Gasteiger partial charge in [-0.1, -0.05) is 31.5 Å². The first-order valence-corrected chi connectivity index (χ1v) is 6.79. The number of nitrogens with two attached hydrogens (primary N) is 1. The lowest BCUT2D eigenvalue weighted by Gasteiger charge is -2.21. The van der Waals surface area contributed by atoms with E-state index < -0.39 is 12.0 Å². The van der Waals surface area contributed by atoms with Crippen molar-refractivity contribution in [2.75, 3.05) is 6.54 Å². The van der Waals surface area contributed by atoms with Crippen molar-refractivity contribution in [3.8, 4) is 5.75 Å². The Hall–Kier alpha value is -1.55. The Balaban J connectivity index is 3.02. The fourth-order valence-corrected chi connectivity index (χ4v) is 2.03. The third kappa shape index (κ3) is 4.24. The lowest BCUT2D eigenvalue weighted by Crippen LogP contribution is -2.33. The van der Waals surface area contributed by atoms with Crippen LogP contribution in [0.5, 0.6) is 5.75 Å². The van der Waals surface area contributed by atoms with E-state index >= 15 is 0 Å². The molecule has 0 aromatic heterocycles. The monoisotopic (exact) mass is 264 g/mol. The number of primary amides is 1. The smallest absolute Gasteiger partial charge is 0.258 e. The minimum atomic E-state index is -0.574. The molecule has 0 heterocycles. The first-order valence-electron chi connectivity index (χ1n) is 6.79. The highest BCUT2D eigenvalue weighted by Crippen LogP contribution is 2.27. The van der Waals surface area contributed by atoms with Crippen molar-refractivity contribution >= 4 is 5.91 Å². The molecule has 0 saturated heterocycles. The van der Waals surface area contributed by atoms with E-state index in [1.54, 1.807) is 0 Å². The lowest BCUT2D eigenvalue weighted by molar-refractivity contribution is -0.124. The number of nitrogens with one attached hydrogen (secondary N) is 1. The summed E-state index contributed by atoms with van der Waals surface area (Å²) in [5.74, 6) is 0.301. The summed E-state index contributed by atoms with van der Waals surface area (Å²) >= 11 is 0. The van der Waals surface area contributed by atoms with Gasteiger partial charge in [-0.15, -0.1) is 0 Å². The number of rotatable bonds is 7. The largest absolute Gasteiger partial charge is 0.480 e. The number of hydrogen-bond acceptors (Lipinski definition) is 3. The third-order valence-electron chi connectivity index (χ3n) is 3.10. The molecule has 1 rings (SSSR count). The fourth-order valence-electron chi connectivity index (χ4n) is 2.03. The maximum Gasteiger partial charge on any atom is 0.258 e. The van der Waals surface area contributed by atoms with Gasteiger partial charge in [0.25, 0.3) is 5.91 Å². The summed E-state index contributed by atoms with van der Waals surface area (Å²) in [6, 6.07) is 6.14. The van der Waals surface area contributed by atoms with E-state index in [0.29, 0.717) is 6.42 Å². The van der Waals surface area contributed by atoms with Crippen molar-refractivity contribution < 1.29 is 9.53 Å². The third-order valence-corrected chi connectivity index (χ3v) is 3.10. The molecule has 0 fully saturated rings. The van der Waals surface area contributed by atoms with Gasteiger partial charge < -0.3 is 15.8 Å². The van der Waals surface area contributed by atoms with Crippen LogP contribution in [0.2, 0.25) is 0 Å². The first kappa shape index (κ1) is 15.5. The maximum atomic E-state index is 11.3. The molecule has 3 N–H and O–H groups in total. The minimum absolute atomic E-state index is 0.172. The number of ether oxygens (including phenoxy) is 1. The van der Waals surface area contributed by atoms with E-state index in [9.17, 15) is 4.79 Å². The molecule has 4 heteroatoms. The number of aryl methyl sites for hydroxylation is 1. The zero-order chi connectivity index (χ0) is 14.4. The van der Waals surface area contributed by atoms with Gasteiger partial charge in [-0.3, -0.25) is 4.79 Å². The summed E-state index contributed by atoms with van der Waals surface area (Å²) < 4.78 is 5.76. The summed E-state index contributed by atoms with van der Waals surface area (Å²) in [5.41, 5.74) is 7.55. The van der Waals surface area contributed by atoms with Crippen molar-refractivity contribution in [3.63, 3.8) is 0 Å². The lowest BCUT2D eigenvalue weighted by atomic mass is 10.0. The zero-order valence-corrected chi connectivity index (χ0v) is 12.2. The quantitative estimate of drug-likeness (QED) is 0.794. The van der Waals surface area contributed by atoms with Gasteiger partial charge in [0.05, 0.1) is 0 Å². The highest BCUT2D eigenvalue weighted by Gasteiger charge is 2.18. The van der Waals surface area contributed by atoms with Gasteiger partial charge in [0.2, 0.25) is 0 Å². The number of carbonyl (C=O) groups excluding carboxylic acids is 1. The van der Waals surface area contributed by atoms with E-state index in [1.165, 1.54) is 5.56 Å². The van der Waals surface area contributed by atoms with Gasteiger partial charge in [-0.25, -0.2) is 0 Å². The number of benzene rings is 1. The first-order chi connectivity index (χ1) is 8.99. The standard InChI is InChI=1S/C15H24N2O2/c1-5-13(15(16)18)19-14-8-7-10(3)9-12(14)11(4)17-6-2/h7-9,11,13,17H,5-6H2,1-4H3,(H2,16,18). The highest BCUT2D eigenvalue weighted by atomic mass is 16.5. The summed E-state index contributed by atoms with van der Waals surface area (Å²) in [5, 5.41) is 3.35. The molecule has 0 bridgehead atoms. The summed E-state index contributed by atoms with van der Waals surface area (Å²) in [4.78, 5) is 11.3. The fraction of sp³-hybridized carbons (Fsp3) is 0.533. The van der Waals surface area contributed by atoms with Crippen molar-refractivity contribution in [3.05, 3.63) is 29.3 Å². The van der Waals surface area contributed by atoms with E-state index in [-0.39, 0.29) is 6.04 Å². The predicted molar refractivity (Wildman–Crippen MR) is 77.2 cm³/mol. The SMILES string of the molecule is CCNC(C)c1cc(C)ccc1OC(CC)C(N)=O. The van der Waals surface area contributed by atoms with Gasteiger partial charge in [-0.2, -0.15) is 0 Å². The minimum Gasteiger partial charge on any atom is -0.480 e. The average molecular weight is 264 g/mol. The number of hydrogen-bond donors (Lipinski definition) is 2. The Morgan fingerprint density at radius 2 is 2.11 bits per heavy atom. The van der Waals surface area contributed by atoms with Crippen molar-refractivity contribution in [1.82, 2.24) is 5.32 Å². The Morgan fingerprint density at radius 3 is 2.63 bits per heavy atom. The maximum absolute atomic E-state index is 11.3. The van der Waals surface area contributed by atoms with Crippen LogP contribution in [0.15, 0.2) is 18.2 Å². The van der Waals surface area contributed by atoms with Gasteiger partial charge in [0, 0.05) is 11.6 Å². The molecular formula is C15H24N2O2. The Labute approximate surface area is 115 Å². The Morgan fingerprint density at radius 1 is 1.42 bits per heavy atom. The molecular weight excluding hydrogens is 240 g/mol. The Bertz CT molecular complexity index is 432. The number of amides is 1. The normalized spacial score (nSPS) is 13.9. The molecule has 1 aromatic rings. The Kier molecular flexibility index (Phi) is 5.83. The topological polar surface area (TPSA) is 64.3 Å². The van der Waals surface area contributed by atoms with E-state index in [1.807, 2.05) is 26.0 Å². The molecule has 0 aliphatic carbocycles. The molecule has 0 radical (unpaired) electrons. The predicted octanol–water partition coefficient (Wildman–Crippen LogP) is 2.31. The van der Waals surface area contributed by atoms with Gasteiger partial charge >= 0.3 is 0 Å². The molecule has 2 atom stereocenters. The molecule has 0 aliphatic heterocycles. The summed E-state index contributed by atoms with van der Waals surface area (Å²) in [7, 11) is 0. The molecule has 0 spiro atoms. The van der Waals surface area contributed by atoms with Crippen LogP contribution in [0.3, 0.4) is 0 Å². The molecule has 1 aromatic carbocycles. The highest BCUT2D eigenvalue weighted by molar-refractivity contribution is 5.79. The average Bonchev–Trinajstić information content (AvgIpc) is 2.37. The van der Waals surface area contributed by atoms with Crippen molar-refractivity contribution in [2.24, 2.45) is 5.73 Å². The molecule has 0 saturated carbocycles. The van der Waals surface area contributed by atoms with E-state index in [2.05, 4.69) is 25.2 Å². The van der Waals surface area contributed by atoms with Crippen molar-refractivity contribution in [1.29, 1.82) is 0 Å². The van der Waals surface area contributed by atoms with Crippen LogP contribution in [0.25, 0.3) is 0 Å². The van der Waals surface area contributed by atoms with E-state index in [0.717, 1.165) is 17.9 Å². The van der Waals surface area contributed by atoms with Crippen LogP contribution >= 0.6 is 0 Å². The van der Waals surface area contributed by atoms with Crippen LogP contribution < -0.4 is 15.8 Å². The van der Waals surface area contributed by atoms with Gasteiger partial charge in [0.1, 0.15) is 5.75 Å². The van der Waals surface area contributed by atoms with Crippen LogP contribution in [-0.2, 0) is 4.79 Å². The summed E-state index contributed by atoms with van der Waals surface area (Å²) in [6.07, 6.45) is -0.00612.